The van der Waals surface area contributed by atoms with Crippen molar-refractivity contribution in [1.82, 2.24) is 0 Å². The Balaban J connectivity index is 2.40. The number of thioether (sulfide) groups is 1. The number of aliphatic hydroxyl groups excluding tert-OH is 1. The van der Waals surface area contributed by atoms with Gasteiger partial charge in [-0.2, -0.15) is 11.8 Å². The highest BCUT2D eigenvalue weighted by Crippen LogP contribution is 2.22. The predicted octanol–water partition coefficient (Wildman–Crippen LogP) is 1.70. The van der Waals surface area contributed by atoms with E-state index in [2.05, 4.69) is 5.32 Å². The SMILES string of the molecule is Nc1cc(NCCSCCCO)cc([N+](=O)[O-])c1. The first-order valence-corrected chi connectivity index (χ1v) is 6.76. The number of hydrogen-bond donors (Lipinski definition) is 3. The van der Waals surface area contributed by atoms with Crippen LogP contribution < -0.4 is 11.1 Å². The van der Waals surface area contributed by atoms with E-state index < -0.39 is 4.92 Å². The molecular formula is C11H17N3O3S. The topological polar surface area (TPSA) is 101 Å². The van der Waals surface area contributed by atoms with Gasteiger partial charge in [0.05, 0.1) is 4.92 Å². The summed E-state index contributed by atoms with van der Waals surface area (Å²) in [5.41, 5.74) is 6.61. The summed E-state index contributed by atoms with van der Waals surface area (Å²) < 4.78 is 0. The maximum Gasteiger partial charge on any atom is 0.273 e. The van der Waals surface area contributed by atoms with Gasteiger partial charge in [-0.25, -0.2) is 0 Å². The molecule has 0 aromatic heterocycles. The number of nitrogens with zero attached hydrogens (tertiary/aromatic N) is 1. The summed E-state index contributed by atoms with van der Waals surface area (Å²) in [7, 11) is 0. The molecule has 100 valence electrons. The smallest absolute Gasteiger partial charge is 0.273 e. The summed E-state index contributed by atoms with van der Waals surface area (Å²) >= 11 is 1.72. The minimum atomic E-state index is -0.461. The van der Waals surface area contributed by atoms with Gasteiger partial charge in [0, 0.05) is 42.4 Å². The second-order valence-corrected chi connectivity index (χ2v) is 4.91. The highest BCUT2D eigenvalue weighted by molar-refractivity contribution is 7.99. The average molecular weight is 271 g/mol. The van der Waals surface area contributed by atoms with E-state index >= 15 is 0 Å². The Labute approximate surface area is 110 Å². The number of nitrogens with one attached hydrogen (secondary N) is 1. The van der Waals surface area contributed by atoms with Crippen molar-refractivity contribution in [1.29, 1.82) is 0 Å². The molecule has 0 saturated carbocycles. The van der Waals surface area contributed by atoms with Crippen molar-refractivity contribution in [2.24, 2.45) is 0 Å². The zero-order valence-electron chi connectivity index (χ0n) is 9.96. The fourth-order valence-electron chi connectivity index (χ4n) is 1.38. The van der Waals surface area contributed by atoms with Gasteiger partial charge in [-0.15, -0.1) is 0 Å². The molecule has 18 heavy (non-hydrogen) atoms. The first kappa shape index (κ1) is 14.6. The van der Waals surface area contributed by atoms with Crippen LogP contribution in [-0.2, 0) is 0 Å². The molecule has 0 heterocycles. The number of nitro groups is 1. The molecular weight excluding hydrogens is 254 g/mol. The van der Waals surface area contributed by atoms with Crippen molar-refractivity contribution in [3.05, 3.63) is 28.3 Å². The van der Waals surface area contributed by atoms with E-state index in [4.69, 9.17) is 10.8 Å². The summed E-state index contributed by atoms with van der Waals surface area (Å²) in [4.78, 5) is 10.2. The fourth-order valence-corrected chi connectivity index (χ4v) is 2.16. The van der Waals surface area contributed by atoms with Crippen LogP contribution in [0.5, 0.6) is 0 Å². The minimum Gasteiger partial charge on any atom is -0.398 e. The molecule has 0 aliphatic heterocycles. The van der Waals surface area contributed by atoms with Crippen molar-refractivity contribution >= 4 is 28.8 Å². The van der Waals surface area contributed by atoms with Crippen LogP contribution in [0.15, 0.2) is 18.2 Å². The Morgan fingerprint density at radius 3 is 2.83 bits per heavy atom. The molecule has 0 bridgehead atoms. The third-order valence-corrected chi connectivity index (χ3v) is 3.24. The number of nitro benzene ring substituents is 1. The highest BCUT2D eigenvalue weighted by atomic mass is 32.2. The van der Waals surface area contributed by atoms with Gasteiger partial charge in [0.1, 0.15) is 0 Å². The molecule has 1 aromatic rings. The molecule has 6 nitrogen and oxygen atoms in total. The zero-order valence-corrected chi connectivity index (χ0v) is 10.8. The first-order valence-electron chi connectivity index (χ1n) is 5.61. The number of aliphatic hydroxyl groups is 1. The molecule has 0 aliphatic rings. The summed E-state index contributed by atoms with van der Waals surface area (Å²) in [5, 5.41) is 22.3. The summed E-state index contributed by atoms with van der Waals surface area (Å²) in [5.74, 6) is 1.79. The van der Waals surface area contributed by atoms with Crippen LogP contribution >= 0.6 is 11.8 Å². The number of hydrogen-bond acceptors (Lipinski definition) is 6. The van der Waals surface area contributed by atoms with E-state index in [0.29, 0.717) is 17.9 Å². The lowest BCUT2D eigenvalue weighted by Gasteiger charge is -2.07. The lowest BCUT2D eigenvalue weighted by molar-refractivity contribution is -0.384. The monoisotopic (exact) mass is 271 g/mol. The van der Waals surface area contributed by atoms with Gasteiger partial charge >= 0.3 is 0 Å². The summed E-state index contributed by atoms with van der Waals surface area (Å²) in [6, 6.07) is 4.47. The van der Waals surface area contributed by atoms with E-state index in [0.717, 1.165) is 17.9 Å². The second kappa shape index (κ2) is 7.78. The van der Waals surface area contributed by atoms with E-state index in [1.54, 1.807) is 17.8 Å². The molecule has 0 unspecified atom stereocenters. The van der Waals surface area contributed by atoms with Gasteiger partial charge < -0.3 is 16.2 Å². The molecule has 0 aliphatic carbocycles. The van der Waals surface area contributed by atoms with Crippen LogP contribution in [0.2, 0.25) is 0 Å². The van der Waals surface area contributed by atoms with Crippen molar-refractivity contribution in [3.63, 3.8) is 0 Å². The first-order chi connectivity index (χ1) is 8.63. The number of anilines is 2. The molecule has 0 amide bonds. The predicted molar refractivity (Wildman–Crippen MR) is 75.0 cm³/mol. The van der Waals surface area contributed by atoms with Gasteiger partial charge in [-0.05, 0) is 18.2 Å². The van der Waals surface area contributed by atoms with Crippen LogP contribution in [0, 0.1) is 10.1 Å². The Kier molecular flexibility index (Phi) is 6.31. The average Bonchev–Trinajstić information content (AvgIpc) is 2.33. The van der Waals surface area contributed by atoms with Gasteiger partial charge in [-0.1, -0.05) is 0 Å². The number of non-ortho nitro benzene ring substituents is 1. The Hall–Kier alpha value is -1.47. The van der Waals surface area contributed by atoms with Crippen molar-refractivity contribution < 1.29 is 10.0 Å². The van der Waals surface area contributed by atoms with Crippen LogP contribution in [0.25, 0.3) is 0 Å². The third kappa shape index (κ3) is 5.24. The van der Waals surface area contributed by atoms with E-state index in [-0.39, 0.29) is 12.3 Å². The standard InChI is InChI=1S/C11H17N3O3S/c12-9-6-10(8-11(7-9)14(16)17)13-2-5-18-4-1-3-15/h6-8,13,15H,1-5,12H2. The fraction of sp³-hybridized carbons (Fsp3) is 0.455. The lowest BCUT2D eigenvalue weighted by atomic mass is 10.2. The normalized spacial score (nSPS) is 10.3. The highest BCUT2D eigenvalue weighted by Gasteiger charge is 2.07. The van der Waals surface area contributed by atoms with Crippen LogP contribution in [0.1, 0.15) is 6.42 Å². The van der Waals surface area contributed by atoms with E-state index in [9.17, 15) is 10.1 Å². The zero-order chi connectivity index (χ0) is 13.4. The molecule has 0 spiro atoms. The maximum absolute atomic E-state index is 10.6. The van der Waals surface area contributed by atoms with Crippen LogP contribution in [0.4, 0.5) is 17.1 Å². The minimum absolute atomic E-state index is 0.00886. The number of benzene rings is 1. The Morgan fingerprint density at radius 1 is 1.39 bits per heavy atom. The van der Waals surface area contributed by atoms with Crippen molar-refractivity contribution in [3.8, 4) is 0 Å². The number of rotatable bonds is 8. The molecule has 0 radical (unpaired) electrons. The largest absolute Gasteiger partial charge is 0.398 e. The molecule has 1 aromatic carbocycles. The van der Waals surface area contributed by atoms with Gasteiger partial charge in [0.25, 0.3) is 5.69 Å². The van der Waals surface area contributed by atoms with Gasteiger partial charge in [0.15, 0.2) is 0 Å². The molecule has 0 fully saturated rings. The summed E-state index contributed by atoms with van der Waals surface area (Å²) in [6.45, 7) is 0.915. The van der Waals surface area contributed by atoms with E-state index in [1.807, 2.05) is 0 Å². The van der Waals surface area contributed by atoms with Crippen molar-refractivity contribution in [2.45, 2.75) is 6.42 Å². The van der Waals surface area contributed by atoms with E-state index in [1.165, 1.54) is 12.1 Å². The third-order valence-electron chi connectivity index (χ3n) is 2.17. The number of nitrogens with two attached hydrogens (primary N) is 1. The summed E-state index contributed by atoms with van der Waals surface area (Å²) in [6.07, 6.45) is 0.786. The van der Waals surface area contributed by atoms with Gasteiger partial charge in [-0.3, -0.25) is 10.1 Å². The Bertz CT molecular complexity index is 401. The van der Waals surface area contributed by atoms with Crippen molar-refractivity contribution in [2.75, 3.05) is 35.7 Å². The van der Waals surface area contributed by atoms with Gasteiger partial charge in [0.2, 0.25) is 0 Å². The quantitative estimate of drug-likeness (QED) is 0.288. The van der Waals surface area contributed by atoms with Crippen LogP contribution in [-0.4, -0.2) is 34.7 Å². The molecule has 1 rings (SSSR count). The molecule has 0 atom stereocenters. The maximum atomic E-state index is 10.6. The molecule has 0 saturated heterocycles. The molecule has 4 N–H and O–H groups in total. The van der Waals surface area contributed by atoms with Crippen LogP contribution in [0.3, 0.4) is 0 Å². The second-order valence-electron chi connectivity index (χ2n) is 3.69. The lowest BCUT2D eigenvalue weighted by Crippen LogP contribution is -2.05. The molecule has 7 heteroatoms. The Morgan fingerprint density at radius 2 is 2.17 bits per heavy atom. The number of nitrogen functional groups attached to an aromatic ring is 1.